The summed E-state index contributed by atoms with van der Waals surface area (Å²) in [6, 6.07) is 14.3. The predicted molar refractivity (Wildman–Crippen MR) is 123 cm³/mol. The van der Waals surface area contributed by atoms with Gasteiger partial charge in [0.25, 0.3) is 10.0 Å². The average Bonchev–Trinajstić information content (AvgIpc) is 3.31. The summed E-state index contributed by atoms with van der Waals surface area (Å²) < 4.78 is 33.6. The molecule has 32 heavy (non-hydrogen) atoms. The lowest BCUT2D eigenvalue weighted by molar-refractivity contribution is 0.0696. The highest BCUT2D eigenvalue weighted by atomic mass is 32.2. The average molecular weight is 474 g/mol. The third kappa shape index (κ3) is 4.56. The minimum atomic E-state index is -3.98. The Morgan fingerprint density at radius 2 is 2.00 bits per heavy atom. The number of aromatic nitrogens is 1. The Morgan fingerprint density at radius 1 is 1.22 bits per heavy atom. The normalized spacial score (nSPS) is 16.5. The van der Waals surface area contributed by atoms with E-state index in [9.17, 15) is 13.2 Å². The Bertz CT molecular complexity index is 1210. The van der Waals surface area contributed by atoms with Crippen molar-refractivity contribution >= 4 is 38.1 Å². The van der Waals surface area contributed by atoms with Crippen LogP contribution in [-0.4, -0.2) is 38.1 Å². The Balaban J connectivity index is 1.59. The molecular formula is C22H23N3O5S2. The van der Waals surface area contributed by atoms with Crippen LogP contribution in [0.5, 0.6) is 5.75 Å². The lowest BCUT2D eigenvalue weighted by Crippen LogP contribution is -2.33. The number of piperidine rings is 1. The lowest BCUT2D eigenvalue weighted by Gasteiger charge is -2.35. The topological polar surface area (TPSA) is 109 Å². The maximum atomic E-state index is 13.0. The van der Waals surface area contributed by atoms with Crippen molar-refractivity contribution in [3.8, 4) is 5.75 Å². The van der Waals surface area contributed by atoms with Gasteiger partial charge < -0.3 is 14.7 Å². The molecule has 1 aromatic heterocycles. The molecule has 2 aromatic carbocycles. The van der Waals surface area contributed by atoms with E-state index in [0.29, 0.717) is 5.13 Å². The molecule has 0 aliphatic carbocycles. The van der Waals surface area contributed by atoms with Gasteiger partial charge in [0.15, 0.2) is 10.2 Å². The number of anilines is 2. The number of carbonyl (C=O) groups is 1. The van der Waals surface area contributed by atoms with E-state index in [-0.39, 0.29) is 28.1 Å². The van der Waals surface area contributed by atoms with Gasteiger partial charge in [-0.3, -0.25) is 4.72 Å². The number of sulfonamides is 1. The monoisotopic (exact) mass is 473 g/mol. The van der Waals surface area contributed by atoms with Crippen LogP contribution in [0.25, 0.3) is 0 Å². The number of carboxylic acids is 1. The lowest BCUT2D eigenvalue weighted by atomic mass is 9.96. The van der Waals surface area contributed by atoms with Crippen molar-refractivity contribution in [2.75, 3.05) is 23.3 Å². The maximum absolute atomic E-state index is 13.0. The van der Waals surface area contributed by atoms with E-state index in [1.165, 1.54) is 47.6 Å². The fourth-order valence-electron chi connectivity index (χ4n) is 3.79. The number of thiazole rings is 1. The van der Waals surface area contributed by atoms with Crippen LogP contribution in [0.4, 0.5) is 10.8 Å². The summed E-state index contributed by atoms with van der Waals surface area (Å²) in [6.45, 7) is 0.810. The molecule has 1 aliphatic heterocycles. The van der Waals surface area contributed by atoms with Gasteiger partial charge in [-0.1, -0.05) is 30.3 Å². The summed E-state index contributed by atoms with van der Waals surface area (Å²) in [4.78, 5) is 17.8. The van der Waals surface area contributed by atoms with Gasteiger partial charge in [0.1, 0.15) is 5.75 Å². The molecule has 0 radical (unpaired) electrons. The van der Waals surface area contributed by atoms with Crippen molar-refractivity contribution < 1.29 is 23.1 Å². The maximum Gasteiger partial charge on any atom is 0.335 e. The Labute approximate surface area is 190 Å². The standard InChI is InChI=1S/C22H23N3O5S2/c1-30-19-13-16(21(26)27)10-11-17(19)24-32(28,29)20-14-31-22(23-20)25-12-6-5-9-18(25)15-7-3-2-4-8-15/h2-4,7-8,10-11,13-14,18,24H,5-6,9,12H2,1H3,(H,26,27). The van der Waals surface area contributed by atoms with Crippen LogP contribution >= 0.6 is 11.3 Å². The van der Waals surface area contributed by atoms with Gasteiger partial charge in [0.05, 0.1) is 24.4 Å². The Hall–Kier alpha value is -3.11. The molecule has 0 bridgehead atoms. The second-order valence-corrected chi connectivity index (χ2v) is 9.88. The summed E-state index contributed by atoms with van der Waals surface area (Å²) in [5, 5.41) is 11.2. The fraction of sp³-hybridized carbons (Fsp3) is 0.273. The molecule has 2 N–H and O–H groups in total. The first-order valence-corrected chi connectivity index (χ1v) is 12.5. The van der Waals surface area contributed by atoms with E-state index in [0.717, 1.165) is 25.8 Å². The number of methoxy groups -OCH3 is 1. The number of aromatic carboxylic acids is 1. The van der Waals surface area contributed by atoms with Crippen molar-refractivity contribution in [1.29, 1.82) is 0 Å². The molecule has 1 atom stereocenters. The number of hydrogen-bond acceptors (Lipinski definition) is 7. The largest absolute Gasteiger partial charge is 0.495 e. The number of benzene rings is 2. The molecule has 1 saturated heterocycles. The van der Waals surface area contributed by atoms with E-state index in [2.05, 4.69) is 26.7 Å². The van der Waals surface area contributed by atoms with E-state index < -0.39 is 16.0 Å². The molecule has 0 amide bonds. The number of nitrogens with zero attached hydrogens (tertiary/aromatic N) is 2. The van der Waals surface area contributed by atoms with Gasteiger partial charge in [0, 0.05) is 11.9 Å². The summed E-state index contributed by atoms with van der Waals surface area (Å²) >= 11 is 1.29. The fourth-order valence-corrected chi connectivity index (χ4v) is 6.04. The number of carboxylic acid groups (broad SMARTS) is 1. The quantitative estimate of drug-likeness (QED) is 0.524. The molecule has 0 saturated carbocycles. The van der Waals surface area contributed by atoms with E-state index in [1.54, 1.807) is 0 Å². The zero-order valence-electron chi connectivity index (χ0n) is 17.4. The first kappa shape index (κ1) is 22.1. The minimum absolute atomic E-state index is 0.00204. The van der Waals surface area contributed by atoms with Gasteiger partial charge >= 0.3 is 5.97 Å². The van der Waals surface area contributed by atoms with Crippen molar-refractivity contribution in [2.45, 2.75) is 30.3 Å². The molecule has 0 spiro atoms. The van der Waals surface area contributed by atoms with E-state index in [1.807, 2.05) is 18.2 Å². The van der Waals surface area contributed by atoms with E-state index >= 15 is 0 Å². The molecular weight excluding hydrogens is 450 g/mol. The zero-order chi connectivity index (χ0) is 22.7. The number of hydrogen-bond donors (Lipinski definition) is 2. The molecule has 1 aliphatic rings. The smallest absolute Gasteiger partial charge is 0.335 e. The molecule has 2 heterocycles. The molecule has 1 unspecified atom stereocenters. The van der Waals surface area contributed by atoms with E-state index in [4.69, 9.17) is 9.84 Å². The zero-order valence-corrected chi connectivity index (χ0v) is 19.0. The van der Waals surface area contributed by atoms with Crippen molar-refractivity contribution in [3.63, 3.8) is 0 Å². The van der Waals surface area contributed by atoms with Gasteiger partial charge in [-0.2, -0.15) is 8.42 Å². The Kier molecular flexibility index (Phi) is 6.33. The van der Waals surface area contributed by atoms with Crippen LogP contribution in [0.3, 0.4) is 0 Å². The number of ether oxygens (including phenoxy) is 1. The van der Waals surface area contributed by atoms with Crippen LogP contribution in [-0.2, 0) is 10.0 Å². The number of rotatable bonds is 7. The SMILES string of the molecule is COc1cc(C(=O)O)ccc1NS(=O)(=O)c1csc(N2CCCCC2c2ccccc2)n1. The third-order valence-corrected chi connectivity index (χ3v) is 7.65. The third-order valence-electron chi connectivity index (χ3n) is 5.37. The predicted octanol–water partition coefficient (Wildman–Crippen LogP) is 4.38. The highest BCUT2D eigenvalue weighted by Crippen LogP contribution is 2.37. The van der Waals surface area contributed by atoms with Gasteiger partial charge in [0.2, 0.25) is 0 Å². The summed E-state index contributed by atoms with van der Waals surface area (Å²) in [5.41, 5.74) is 1.33. The summed E-state index contributed by atoms with van der Waals surface area (Å²) in [7, 11) is -2.64. The van der Waals surface area contributed by atoms with Crippen molar-refractivity contribution in [2.24, 2.45) is 0 Å². The summed E-state index contributed by atoms with van der Waals surface area (Å²) in [5.74, 6) is -1.01. The summed E-state index contributed by atoms with van der Waals surface area (Å²) in [6.07, 6.45) is 3.12. The first-order chi connectivity index (χ1) is 15.4. The molecule has 8 nitrogen and oxygen atoms in total. The van der Waals surface area contributed by atoms with Crippen LogP contribution in [0.15, 0.2) is 58.9 Å². The molecule has 4 rings (SSSR count). The first-order valence-electron chi connectivity index (χ1n) is 10.1. The van der Waals surface area contributed by atoms with Crippen LogP contribution in [0.2, 0.25) is 0 Å². The second kappa shape index (κ2) is 9.17. The van der Waals surface area contributed by atoms with Gasteiger partial charge in [-0.05, 0) is 43.0 Å². The van der Waals surface area contributed by atoms with Crippen molar-refractivity contribution in [3.05, 3.63) is 65.0 Å². The molecule has 3 aromatic rings. The van der Waals surface area contributed by atoms with Gasteiger partial charge in [-0.15, -0.1) is 11.3 Å². The molecule has 1 fully saturated rings. The van der Waals surface area contributed by atoms with Gasteiger partial charge in [-0.25, -0.2) is 9.78 Å². The minimum Gasteiger partial charge on any atom is -0.495 e. The van der Waals surface area contributed by atoms with Crippen LogP contribution in [0.1, 0.15) is 41.2 Å². The molecule has 10 heteroatoms. The highest BCUT2D eigenvalue weighted by molar-refractivity contribution is 7.92. The van der Waals surface area contributed by atoms with Crippen LogP contribution < -0.4 is 14.4 Å². The Morgan fingerprint density at radius 3 is 2.72 bits per heavy atom. The van der Waals surface area contributed by atoms with Crippen LogP contribution in [0, 0.1) is 0 Å². The highest BCUT2D eigenvalue weighted by Gasteiger charge is 2.28. The number of nitrogens with one attached hydrogen (secondary N) is 1. The molecule has 168 valence electrons. The second-order valence-electron chi connectivity index (χ2n) is 7.41. The van der Waals surface area contributed by atoms with Crippen molar-refractivity contribution in [1.82, 2.24) is 4.98 Å².